The Morgan fingerprint density at radius 1 is 1.43 bits per heavy atom. The van der Waals surface area contributed by atoms with Crippen molar-refractivity contribution in [2.75, 3.05) is 7.11 Å². The molecule has 0 aliphatic carbocycles. The van der Waals surface area contributed by atoms with Gasteiger partial charge >= 0.3 is 0 Å². The topological polar surface area (TPSA) is 37.9 Å². The Morgan fingerprint density at radius 3 is 2.93 bits per heavy atom. The van der Waals surface area contributed by atoms with Crippen molar-refractivity contribution in [1.29, 1.82) is 0 Å². The van der Waals surface area contributed by atoms with Crippen molar-refractivity contribution in [3.05, 3.63) is 28.7 Å². The molecule has 14 heavy (non-hydrogen) atoms. The van der Waals surface area contributed by atoms with Gasteiger partial charge in [0.15, 0.2) is 0 Å². The van der Waals surface area contributed by atoms with Crippen molar-refractivity contribution < 1.29 is 4.74 Å². The lowest BCUT2D eigenvalue weighted by molar-refractivity contribution is 0.418. The second-order valence-electron chi connectivity index (χ2n) is 3.04. The van der Waals surface area contributed by atoms with Crippen LogP contribution in [0.25, 0.3) is 10.9 Å². The van der Waals surface area contributed by atoms with Crippen LogP contribution in [0.1, 0.15) is 5.56 Å². The Balaban J connectivity index is 2.99. The van der Waals surface area contributed by atoms with Gasteiger partial charge in [-0.15, -0.1) is 0 Å². The summed E-state index contributed by atoms with van der Waals surface area (Å²) >= 11 is 5.16. The van der Waals surface area contributed by atoms with Gasteiger partial charge in [0.1, 0.15) is 10.4 Å². The Kier molecular flexibility index (Phi) is 2.21. The quantitative estimate of drug-likeness (QED) is 0.729. The van der Waals surface area contributed by atoms with Crippen LogP contribution in [0.15, 0.2) is 18.5 Å². The molecule has 72 valence electrons. The van der Waals surface area contributed by atoms with Gasteiger partial charge in [-0.1, -0.05) is 18.3 Å². The van der Waals surface area contributed by atoms with Crippen molar-refractivity contribution in [3.63, 3.8) is 0 Å². The molecule has 0 atom stereocenters. The lowest BCUT2D eigenvalue weighted by Crippen LogP contribution is -1.91. The van der Waals surface area contributed by atoms with E-state index in [4.69, 9.17) is 17.0 Å². The highest BCUT2D eigenvalue weighted by molar-refractivity contribution is 7.71. The van der Waals surface area contributed by atoms with Gasteiger partial charge in [0.25, 0.3) is 0 Å². The number of aromatic nitrogens is 2. The van der Waals surface area contributed by atoms with E-state index in [1.54, 1.807) is 13.4 Å². The Labute approximate surface area is 86.8 Å². The Hall–Kier alpha value is -1.42. The van der Waals surface area contributed by atoms with E-state index < -0.39 is 0 Å². The number of aryl methyl sites for hydroxylation is 1. The minimum atomic E-state index is 0.607. The number of fused-ring (bicyclic) bond motifs is 1. The number of rotatable bonds is 1. The van der Waals surface area contributed by atoms with E-state index >= 15 is 0 Å². The highest BCUT2D eigenvalue weighted by atomic mass is 32.1. The average Bonchev–Trinajstić information content (AvgIpc) is 2.18. The summed E-state index contributed by atoms with van der Waals surface area (Å²) < 4.78 is 5.84. The highest BCUT2D eigenvalue weighted by Crippen LogP contribution is 2.25. The number of hydrogen-bond acceptors (Lipinski definition) is 3. The number of ether oxygens (including phenoxy) is 1. The number of hydrogen-bond donors (Lipinski definition) is 1. The van der Waals surface area contributed by atoms with Crippen LogP contribution in [0.5, 0.6) is 5.75 Å². The standard InChI is InChI=1S/C10H10N2OS/c1-6-3-4-7(13-2)9-8(6)10(14)12-5-11-9/h3-5H,1-2H3,(H,11,12,14). The first-order valence-electron chi connectivity index (χ1n) is 4.25. The molecule has 1 heterocycles. The van der Waals surface area contributed by atoms with Gasteiger partial charge in [-0.05, 0) is 18.6 Å². The van der Waals surface area contributed by atoms with Gasteiger partial charge < -0.3 is 9.72 Å². The van der Waals surface area contributed by atoms with Crippen LogP contribution >= 0.6 is 12.2 Å². The molecule has 1 aromatic heterocycles. The molecule has 0 saturated carbocycles. The normalized spacial score (nSPS) is 10.4. The summed E-state index contributed by atoms with van der Waals surface area (Å²) in [6.07, 6.45) is 1.59. The number of benzene rings is 1. The monoisotopic (exact) mass is 206 g/mol. The summed E-state index contributed by atoms with van der Waals surface area (Å²) in [6.45, 7) is 2.01. The maximum Gasteiger partial charge on any atom is 0.143 e. The van der Waals surface area contributed by atoms with Crippen LogP contribution in [-0.2, 0) is 0 Å². The minimum absolute atomic E-state index is 0.607. The molecule has 1 aromatic carbocycles. The zero-order valence-electron chi connectivity index (χ0n) is 8.00. The third kappa shape index (κ3) is 1.28. The number of aromatic amines is 1. The molecule has 0 spiro atoms. The first-order chi connectivity index (χ1) is 6.74. The van der Waals surface area contributed by atoms with Crippen LogP contribution in [0.3, 0.4) is 0 Å². The van der Waals surface area contributed by atoms with Crippen molar-refractivity contribution >= 4 is 23.1 Å². The number of nitrogens with one attached hydrogen (secondary N) is 1. The van der Waals surface area contributed by atoms with E-state index in [1.807, 2.05) is 19.1 Å². The molecule has 4 heteroatoms. The highest BCUT2D eigenvalue weighted by Gasteiger charge is 2.05. The number of H-pyrrole nitrogens is 1. The summed E-state index contributed by atoms with van der Waals surface area (Å²) in [6, 6.07) is 3.90. The molecule has 0 unspecified atom stereocenters. The van der Waals surface area contributed by atoms with E-state index in [0.29, 0.717) is 4.64 Å². The predicted molar refractivity (Wildman–Crippen MR) is 58.2 cm³/mol. The molecule has 0 radical (unpaired) electrons. The molecular weight excluding hydrogens is 196 g/mol. The van der Waals surface area contributed by atoms with E-state index in [1.165, 1.54) is 0 Å². The second-order valence-corrected chi connectivity index (χ2v) is 3.43. The number of nitrogens with zero attached hydrogens (tertiary/aromatic N) is 1. The molecule has 2 aromatic rings. The van der Waals surface area contributed by atoms with E-state index in [2.05, 4.69) is 9.97 Å². The zero-order valence-corrected chi connectivity index (χ0v) is 8.81. The molecule has 0 saturated heterocycles. The lowest BCUT2D eigenvalue weighted by Gasteiger charge is -2.06. The molecule has 0 amide bonds. The molecule has 0 aliphatic heterocycles. The summed E-state index contributed by atoms with van der Waals surface area (Å²) in [5.74, 6) is 0.791. The molecule has 2 rings (SSSR count). The first-order valence-corrected chi connectivity index (χ1v) is 4.66. The van der Waals surface area contributed by atoms with Crippen LogP contribution in [0.4, 0.5) is 0 Å². The fraction of sp³-hybridized carbons (Fsp3) is 0.200. The average molecular weight is 206 g/mol. The van der Waals surface area contributed by atoms with Gasteiger partial charge in [0, 0.05) is 5.39 Å². The van der Waals surface area contributed by atoms with E-state index in [9.17, 15) is 0 Å². The molecule has 1 N–H and O–H groups in total. The fourth-order valence-corrected chi connectivity index (χ4v) is 1.81. The molecule has 0 fully saturated rings. The summed E-state index contributed by atoms with van der Waals surface area (Å²) in [4.78, 5) is 7.10. The minimum Gasteiger partial charge on any atom is -0.495 e. The van der Waals surface area contributed by atoms with Crippen LogP contribution in [0, 0.1) is 11.6 Å². The second kappa shape index (κ2) is 3.38. The third-order valence-electron chi connectivity index (χ3n) is 2.20. The van der Waals surface area contributed by atoms with Gasteiger partial charge in [0.2, 0.25) is 0 Å². The summed E-state index contributed by atoms with van der Waals surface area (Å²) in [5.41, 5.74) is 2.02. The molecule has 0 bridgehead atoms. The first kappa shape index (κ1) is 9.15. The van der Waals surface area contributed by atoms with Crippen molar-refractivity contribution in [1.82, 2.24) is 9.97 Å². The van der Waals surface area contributed by atoms with Gasteiger partial charge in [0.05, 0.1) is 19.0 Å². The van der Waals surface area contributed by atoms with Gasteiger partial charge in [-0.25, -0.2) is 4.98 Å². The Bertz CT molecular complexity index is 533. The summed E-state index contributed by atoms with van der Waals surface area (Å²) in [7, 11) is 1.64. The van der Waals surface area contributed by atoms with Gasteiger partial charge in [-0.3, -0.25) is 0 Å². The lowest BCUT2D eigenvalue weighted by atomic mass is 10.1. The number of methoxy groups -OCH3 is 1. The zero-order chi connectivity index (χ0) is 10.1. The Morgan fingerprint density at radius 2 is 2.21 bits per heavy atom. The van der Waals surface area contributed by atoms with Gasteiger partial charge in [-0.2, -0.15) is 0 Å². The van der Waals surface area contributed by atoms with Crippen LogP contribution in [0.2, 0.25) is 0 Å². The summed E-state index contributed by atoms with van der Waals surface area (Å²) in [5, 5.41) is 0.960. The van der Waals surface area contributed by atoms with Crippen LogP contribution in [-0.4, -0.2) is 17.1 Å². The molecule has 0 aliphatic rings. The smallest absolute Gasteiger partial charge is 0.143 e. The van der Waals surface area contributed by atoms with Crippen LogP contribution < -0.4 is 4.74 Å². The fourth-order valence-electron chi connectivity index (χ4n) is 1.50. The van der Waals surface area contributed by atoms with E-state index in [-0.39, 0.29) is 0 Å². The predicted octanol–water partition coefficient (Wildman–Crippen LogP) is 2.61. The third-order valence-corrected chi connectivity index (χ3v) is 2.51. The molecule has 3 nitrogen and oxygen atoms in total. The maximum atomic E-state index is 5.23. The van der Waals surface area contributed by atoms with Crippen molar-refractivity contribution in [3.8, 4) is 5.75 Å². The van der Waals surface area contributed by atoms with Crippen molar-refractivity contribution in [2.24, 2.45) is 0 Å². The largest absolute Gasteiger partial charge is 0.495 e. The van der Waals surface area contributed by atoms with E-state index in [0.717, 1.165) is 22.2 Å². The maximum absolute atomic E-state index is 5.23. The van der Waals surface area contributed by atoms with Crippen molar-refractivity contribution in [2.45, 2.75) is 6.92 Å². The molecular formula is C10H10N2OS. The SMILES string of the molecule is COc1ccc(C)c2c(=S)nc[nH]c12.